The second kappa shape index (κ2) is 14.4. The Kier molecular flexibility index (Phi) is 11.5. The van der Waals surface area contributed by atoms with Gasteiger partial charge in [0.1, 0.15) is 18.5 Å². The van der Waals surface area contributed by atoms with Gasteiger partial charge >= 0.3 is 0 Å². The Hall–Kier alpha value is -2.59. The number of unbranched alkanes of at least 4 members (excludes halogenated alkanes) is 3. The van der Waals surface area contributed by atoms with Crippen molar-refractivity contribution in [1.29, 1.82) is 0 Å². The molecule has 31 heavy (non-hydrogen) atoms. The minimum absolute atomic E-state index is 0.0458. The van der Waals surface area contributed by atoms with Crippen molar-refractivity contribution in [1.82, 2.24) is 0 Å². The first kappa shape index (κ1) is 24.7. The SMILES string of the molecule is C/C=C/COc1cccc(N[C@@H](CCCCCC)[C@H](OCc2ccccc2)C(C)=O)c1. The van der Waals surface area contributed by atoms with E-state index in [9.17, 15) is 4.79 Å². The third kappa shape index (κ3) is 9.39. The number of Topliss-reactive ketones (excluding diaryl/α,β-unsaturated/α-hetero) is 1. The van der Waals surface area contributed by atoms with Crippen LogP contribution >= 0.6 is 0 Å². The van der Waals surface area contributed by atoms with Gasteiger partial charge in [-0.25, -0.2) is 0 Å². The average Bonchev–Trinajstić information content (AvgIpc) is 2.77. The van der Waals surface area contributed by atoms with Gasteiger partial charge in [0.15, 0.2) is 5.78 Å². The highest BCUT2D eigenvalue weighted by Crippen LogP contribution is 2.22. The van der Waals surface area contributed by atoms with Crippen LogP contribution in [0.5, 0.6) is 5.75 Å². The zero-order valence-corrected chi connectivity index (χ0v) is 19.2. The summed E-state index contributed by atoms with van der Waals surface area (Å²) in [7, 11) is 0. The van der Waals surface area contributed by atoms with Crippen LogP contribution in [0.4, 0.5) is 5.69 Å². The predicted molar refractivity (Wildman–Crippen MR) is 129 cm³/mol. The fraction of sp³-hybridized carbons (Fsp3) is 0.444. The lowest BCUT2D eigenvalue weighted by molar-refractivity contribution is -0.130. The van der Waals surface area contributed by atoms with Crippen molar-refractivity contribution in [3.05, 3.63) is 72.3 Å². The van der Waals surface area contributed by atoms with Crippen molar-refractivity contribution in [2.45, 2.75) is 71.6 Å². The smallest absolute Gasteiger partial charge is 0.160 e. The Bertz CT molecular complexity index is 788. The van der Waals surface area contributed by atoms with E-state index < -0.39 is 6.10 Å². The zero-order valence-electron chi connectivity index (χ0n) is 19.2. The summed E-state index contributed by atoms with van der Waals surface area (Å²) in [5.74, 6) is 0.849. The van der Waals surface area contributed by atoms with Gasteiger partial charge in [-0.3, -0.25) is 4.79 Å². The number of benzene rings is 2. The van der Waals surface area contributed by atoms with E-state index in [4.69, 9.17) is 9.47 Å². The van der Waals surface area contributed by atoms with Crippen molar-refractivity contribution in [2.75, 3.05) is 11.9 Å². The van der Waals surface area contributed by atoms with Crippen molar-refractivity contribution >= 4 is 11.5 Å². The van der Waals surface area contributed by atoms with E-state index in [1.165, 1.54) is 12.8 Å². The fourth-order valence-electron chi connectivity index (χ4n) is 3.50. The maximum absolute atomic E-state index is 12.5. The van der Waals surface area contributed by atoms with E-state index in [1.807, 2.05) is 73.7 Å². The van der Waals surface area contributed by atoms with E-state index in [-0.39, 0.29) is 11.8 Å². The molecule has 0 unspecified atom stereocenters. The van der Waals surface area contributed by atoms with Crippen LogP contribution in [0.1, 0.15) is 58.4 Å². The van der Waals surface area contributed by atoms with Gasteiger partial charge in [-0.15, -0.1) is 0 Å². The molecule has 2 rings (SSSR count). The van der Waals surface area contributed by atoms with Crippen LogP contribution in [-0.2, 0) is 16.1 Å². The van der Waals surface area contributed by atoms with E-state index in [0.29, 0.717) is 13.2 Å². The Morgan fingerprint density at radius 2 is 1.87 bits per heavy atom. The second-order valence-electron chi connectivity index (χ2n) is 7.84. The van der Waals surface area contributed by atoms with E-state index in [1.54, 1.807) is 6.92 Å². The normalized spacial score (nSPS) is 13.1. The number of ketones is 1. The summed E-state index contributed by atoms with van der Waals surface area (Å²) in [6, 6.07) is 17.8. The molecule has 0 aliphatic heterocycles. The van der Waals surface area contributed by atoms with Gasteiger partial charge in [-0.1, -0.05) is 81.2 Å². The lowest BCUT2D eigenvalue weighted by Crippen LogP contribution is -2.40. The standard InChI is InChI=1S/C27H37NO3/c1-4-6-8-12-18-26(27(22(3)29)31-21-23-14-10-9-11-15-23)28-24-16-13-17-25(20-24)30-19-7-5-2/h5,7,9-11,13-17,20,26-28H,4,6,8,12,18-19,21H2,1-3H3/b7-5+/t26-,27+/m0/s1. The summed E-state index contributed by atoms with van der Waals surface area (Å²) in [5.41, 5.74) is 2.01. The molecule has 0 saturated carbocycles. The quantitative estimate of drug-likeness (QED) is 0.260. The van der Waals surface area contributed by atoms with E-state index >= 15 is 0 Å². The number of anilines is 1. The summed E-state index contributed by atoms with van der Waals surface area (Å²) < 4.78 is 11.9. The van der Waals surface area contributed by atoms with Gasteiger partial charge < -0.3 is 14.8 Å². The van der Waals surface area contributed by atoms with Crippen LogP contribution in [0.25, 0.3) is 0 Å². The predicted octanol–water partition coefficient (Wildman–Crippen LogP) is 6.57. The van der Waals surface area contributed by atoms with Gasteiger partial charge in [-0.2, -0.15) is 0 Å². The molecule has 4 nitrogen and oxygen atoms in total. The van der Waals surface area contributed by atoms with Crippen molar-refractivity contribution in [3.8, 4) is 5.75 Å². The molecule has 1 N–H and O–H groups in total. The average molecular weight is 424 g/mol. The molecule has 2 aromatic rings. The Morgan fingerprint density at radius 3 is 2.58 bits per heavy atom. The van der Waals surface area contributed by atoms with Gasteiger partial charge in [0.05, 0.1) is 12.6 Å². The van der Waals surface area contributed by atoms with Gasteiger partial charge in [0, 0.05) is 11.8 Å². The number of allylic oxidation sites excluding steroid dienone is 1. The van der Waals surface area contributed by atoms with Crippen LogP contribution in [0.15, 0.2) is 66.7 Å². The highest BCUT2D eigenvalue weighted by atomic mass is 16.5. The summed E-state index contributed by atoms with van der Waals surface area (Å²) in [4.78, 5) is 12.5. The number of nitrogens with one attached hydrogen (secondary N) is 1. The minimum atomic E-state index is -0.505. The Balaban J connectivity index is 2.11. The molecule has 0 aliphatic carbocycles. The molecule has 4 heteroatoms. The molecule has 0 aliphatic rings. The first-order chi connectivity index (χ1) is 15.1. The van der Waals surface area contributed by atoms with Crippen molar-refractivity contribution < 1.29 is 14.3 Å². The Labute approximate surface area is 187 Å². The fourth-order valence-corrected chi connectivity index (χ4v) is 3.50. The molecule has 0 amide bonds. The van der Waals surface area contributed by atoms with Crippen LogP contribution in [0, 0.1) is 0 Å². The Morgan fingerprint density at radius 1 is 1.06 bits per heavy atom. The number of hydrogen-bond donors (Lipinski definition) is 1. The van der Waals surface area contributed by atoms with Crippen molar-refractivity contribution in [3.63, 3.8) is 0 Å². The van der Waals surface area contributed by atoms with Crippen molar-refractivity contribution in [2.24, 2.45) is 0 Å². The molecule has 0 saturated heterocycles. The molecule has 168 valence electrons. The highest BCUT2D eigenvalue weighted by Gasteiger charge is 2.26. The second-order valence-corrected chi connectivity index (χ2v) is 7.84. The molecule has 2 aromatic carbocycles. The third-order valence-corrected chi connectivity index (χ3v) is 5.18. The lowest BCUT2D eigenvalue weighted by Gasteiger charge is -2.28. The largest absolute Gasteiger partial charge is 0.489 e. The summed E-state index contributed by atoms with van der Waals surface area (Å²) in [5, 5.41) is 3.56. The first-order valence-corrected chi connectivity index (χ1v) is 11.4. The maximum atomic E-state index is 12.5. The summed E-state index contributed by atoms with van der Waals surface area (Å²) >= 11 is 0. The van der Waals surface area contributed by atoms with Crippen LogP contribution in [0.2, 0.25) is 0 Å². The maximum Gasteiger partial charge on any atom is 0.160 e. The molecule has 2 atom stereocenters. The van der Waals surface area contributed by atoms with Crippen LogP contribution in [0.3, 0.4) is 0 Å². The molecular weight excluding hydrogens is 386 g/mol. The van der Waals surface area contributed by atoms with E-state index in [2.05, 4.69) is 12.2 Å². The van der Waals surface area contributed by atoms with Gasteiger partial charge in [0.25, 0.3) is 0 Å². The molecular formula is C27H37NO3. The summed E-state index contributed by atoms with van der Waals surface area (Å²) in [6.45, 7) is 6.76. The monoisotopic (exact) mass is 423 g/mol. The molecule has 0 spiro atoms. The number of hydrogen-bond acceptors (Lipinski definition) is 4. The van der Waals surface area contributed by atoms with Crippen LogP contribution < -0.4 is 10.1 Å². The van der Waals surface area contributed by atoms with Gasteiger partial charge in [-0.05, 0) is 38.0 Å². The minimum Gasteiger partial charge on any atom is -0.489 e. The number of ether oxygens (including phenoxy) is 2. The molecule has 0 aromatic heterocycles. The molecule has 0 heterocycles. The molecule has 0 bridgehead atoms. The first-order valence-electron chi connectivity index (χ1n) is 11.4. The number of carbonyl (C=O) groups is 1. The zero-order chi connectivity index (χ0) is 22.3. The van der Waals surface area contributed by atoms with E-state index in [0.717, 1.165) is 36.3 Å². The van der Waals surface area contributed by atoms with Crippen LogP contribution in [-0.4, -0.2) is 24.5 Å². The number of carbonyl (C=O) groups excluding carboxylic acids is 1. The van der Waals surface area contributed by atoms with Gasteiger partial charge in [0.2, 0.25) is 0 Å². The third-order valence-electron chi connectivity index (χ3n) is 5.18. The number of rotatable bonds is 15. The summed E-state index contributed by atoms with van der Waals surface area (Å²) in [6.07, 6.45) is 8.92. The lowest BCUT2D eigenvalue weighted by atomic mass is 9.99. The molecule has 0 fully saturated rings. The highest BCUT2D eigenvalue weighted by molar-refractivity contribution is 5.81. The topological polar surface area (TPSA) is 47.6 Å². The molecule has 0 radical (unpaired) electrons.